The van der Waals surface area contributed by atoms with Crippen LogP contribution in [-0.2, 0) is 4.74 Å². The zero-order valence-electron chi connectivity index (χ0n) is 13.0. The van der Waals surface area contributed by atoms with Crippen molar-refractivity contribution in [2.24, 2.45) is 0 Å². The molecule has 1 aliphatic heterocycles. The standard InChI is InChI=1S/C18H20FNO3/c1-13(18-12-20-10-11-21-18)22-16-4-2-3-5-17(16)23-15-8-6-14(19)7-9-15/h2-9,13,18,20H,10-12H2,1H3. The Morgan fingerprint density at radius 2 is 1.87 bits per heavy atom. The number of hydrogen-bond donors (Lipinski definition) is 1. The average molecular weight is 317 g/mol. The quantitative estimate of drug-likeness (QED) is 0.918. The highest BCUT2D eigenvalue weighted by Gasteiger charge is 2.23. The summed E-state index contributed by atoms with van der Waals surface area (Å²) in [4.78, 5) is 0. The third kappa shape index (κ3) is 4.21. The Bertz CT molecular complexity index is 626. The van der Waals surface area contributed by atoms with Crippen molar-refractivity contribution in [2.75, 3.05) is 19.7 Å². The molecule has 0 aliphatic carbocycles. The van der Waals surface area contributed by atoms with E-state index in [1.165, 1.54) is 12.1 Å². The first-order valence-electron chi connectivity index (χ1n) is 7.74. The van der Waals surface area contributed by atoms with Crippen molar-refractivity contribution in [2.45, 2.75) is 19.1 Å². The van der Waals surface area contributed by atoms with Gasteiger partial charge in [-0.3, -0.25) is 0 Å². The maximum atomic E-state index is 13.0. The van der Waals surface area contributed by atoms with E-state index in [2.05, 4.69) is 5.32 Å². The fourth-order valence-corrected chi connectivity index (χ4v) is 2.42. The van der Waals surface area contributed by atoms with Gasteiger partial charge in [-0.15, -0.1) is 0 Å². The summed E-state index contributed by atoms with van der Waals surface area (Å²) in [7, 11) is 0. The monoisotopic (exact) mass is 317 g/mol. The summed E-state index contributed by atoms with van der Waals surface area (Å²) >= 11 is 0. The van der Waals surface area contributed by atoms with Gasteiger partial charge in [0.2, 0.25) is 0 Å². The number of benzene rings is 2. The lowest BCUT2D eigenvalue weighted by atomic mass is 10.2. The number of para-hydroxylation sites is 2. The number of morpholine rings is 1. The minimum absolute atomic E-state index is 0.00243. The second-order valence-electron chi connectivity index (χ2n) is 5.44. The Morgan fingerprint density at radius 1 is 1.13 bits per heavy atom. The van der Waals surface area contributed by atoms with Crippen LogP contribution in [-0.4, -0.2) is 31.9 Å². The molecule has 1 N–H and O–H groups in total. The van der Waals surface area contributed by atoms with E-state index in [1.807, 2.05) is 31.2 Å². The number of hydrogen-bond acceptors (Lipinski definition) is 4. The van der Waals surface area contributed by atoms with Gasteiger partial charge in [-0.05, 0) is 43.3 Å². The Hall–Kier alpha value is -2.11. The Labute approximate surface area is 135 Å². The Morgan fingerprint density at radius 3 is 2.57 bits per heavy atom. The summed E-state index contributed by atoms with van der Waals surface area (Å²) in [5.41, 5.74) is 0. The van der Waals surface area contributed by atoms with Gasteiger partial charge in [0.1, 0.15) is 23.8 Å². The molecule has 5 heteroatoms. The van der Waals surface area contributed by atoms with Crippen LogP contribution in [0.1, 0.15) is 6.92 Å². The van der Waals surface area contributed by atoms with Crippen molar-refractivity contribution in [3.05, 3.63) is 54.3 Å². The van der Waals surface area contributed by atoms with Gasteiger partial charge in [-0.2, -0.15) is 0 Å². The molecule has 0 radical (unpaired) electrons. The zero-order chi connectivity index (χ0) is 16.1. The van der Waals surface area contributed by atoms with Gasteiger partial charge in [0.25, 0.3) is 0 Å². The summed E-state index contributed by atoms with van der Waals surface area (Å²) in [5.74, 6) is 1.50. The van der Waals surface area contributed by atoms with Crippen LogP contribution in [0.2, 0.25) is 0 Å². The van der Waals surface area contributed by atoms with Crippen molar-refractivity contribution in [1.29, 1.82) is 0 Å². The number of rotatable bonds is 5. The molecule has 122 valence electrons. The van der Waals surface area contributed by atoms with E-state index in [9.17, 15) is 4.39 Å². The molecule has 1 saturated heterocycles. The second kappa shape index (κ2) is 7.44. The first-order chi connectivity index (χ1) is 11.2. The summed E-state index contributed by atoms with van der Waals surface area (Å²) in [6.45, 7) is 4.30. The SMILES string of the molecule is CC(Oc1ccccc1Oc1ccc(F)cc1)C1CNCCO1. The predicted molar refractivity (Wildman–Crippen MR) is 85.6 cm³/mol. The Kier molecular flexibility index (Phi) is 5.10. The van der Waals surface area contributed by atoms with Crippen LogP contribution >= 0.6 is 0 Å². The van der Waals surface area contributed by atoms with Gasteiger partial charge < -0.3 is 19.5 Å². The summed E-state index contributed by atoms with van der Waals surface area (Å²) in [5, 5.41) is 3.29. The minimum Gasteiger partial charge on any atom is -0.484 e. The van der Waals surface area contributed by atoms with E-state index in [0.29, 0.717) is 23.9 Å². The first-order valence-corrected chi connectivity index (χ1v) is 7.74. The highest BCUT2D eigenvalue weighted by molar-refractivity contribution is 5.42. The lowest BCUT2D eigenvalue weighted by Gasteiger charge is -2.29. The van der Waals surface area contributed by atoms with E-state index in [1.54, 1.807) is 12.1 Å². The summed E-state index contributed by atoms with van der Waals surface area (Å²) in [6.07, 6.45) is -0.108. The van der Waals surface area contributed by atoms with Crippen molar-refractivity contribution >= 4 is 0 Å². The van der Waals surface area contributed by atoms with Gasteiger partial charge >= 0.3 is 0 Å². The van der Waals surface area contributed by atoms with Crippen LogP contribution in [0.15, 0.2) is 48.5 Å². The normalized spacial score (nSPS) is 19.1. The average Bonchev–Trinajstić information content (AvgIpc) is 2.59. The molecule has 1 fully saturated rings. The molecule has 0 amide bonds. The third-order valence-electron chi connectivity index (χ3n) is 3.68. The van der Waals surface area contributed by atoms with Gasteiger partial charge in [0.15, 0.2) is 11.5 Å². The molecule has 23 heavy (non-hydrogen) atoms. The molecule has 3 rings (SSSR count). The molecule has 2 aromatic carbocycles. The van der Waals surface area contributed by atoms with Gasteiger partial charge in [-0.1, -0.05) is 12.1 Å². The smallest absolute Gasteiger partial charge is 0.169 e. The topological polar surface area (TPSA) is 39.7 Å². The molecule has 0 aromatic heterocycles. The fraction of sp³-hybridized carbons (Fsp3) is 0.333. The molecule has 2 unspecified atom stereocenters. The van der Waals surface area contributed by atoms with E-state index in [0.717, 1.165) is 13.1 Å². The molecule has 4 nitrogen and oxygen atoms in total. The maximum Gasteiger partial charge on any atom is 0.169 e. The van der Waals surface area contributed by atoms with Crippen molar-refractivity contribution in [1.82, 2.24) is 5.32 Å². The minimum atomic E-state index is -0.294. The molecule has 0 spiro atoms. The second-order valence-corrected chi connectivity index (χ2v) is 5.44. The lowest BCUT2D eigenvalue weighted by molar-refractivity contribution is -0.0355. The van der Waals surface area contributed by atoms with Crippen molar-refractivity contribution < 1.29 is 18.6 Å². The first kappa shape index (κ1) is 15.8. The van der Waals surface area contributed by atoms with Crippen molar-refractivity contribution in [3.63, 3.8) is 0 Å². The van der Waals surface area contributed by atoms with Crippen LogP contribution in [0, 0.1) is 5.82 Å². The van der Waals surface area contributed by atoms with Gasteiger partial charge in [-0.25, -0.2) is 4.39 Å². The number of nitrogens with one attached hydrogen (secondary N) is 1. The van der Waals surface area contributed by atoms with Crippen LogP contribution < -0.4 is 14.8 Å². The molecule has 1 aliphatic rings. The molecular weight excluding hydrogens is 297 g/mol. The van der Waals surface area contributed by atoms with Crippen molar-refractivity contribution in [3.8, 4) is 17.2 Å². The van der Waals surface area contributed by atoms with Gasteiger partial charge in [0.05, 0.1) is 6.61 Å². The molecule has 0 bridgehead atoms. The lowest BCUT2D eigenvalue weighted by Crippen LogP contribution is -2.46. The maximum absolute atomic E-state index is 13.0. The fourth-order valence-electron chi connectivity index (χ4n) is 2.42. The third-order valence-corrected chi connectivity index (χ3v) is 3.68. The van der Waals surface area contributed by atoms with E-state index in [4.69, 9.17) is 14.2 Å². The highest BCUT2D eigenvalue weighted by Crippen LogP contribution is 2.32. The number of halogens is 1. The predicted octanol–water partition coefficient (Wildman–Crippen LogP) is 3.37. The van der Waals surface area contributed by atoms with Gasteiger partial charge in [0, 0.05) is 13.1 Å². The summed E-state index contributed by atoms with van der Waals surface area (Å²) < 4.78 is 30.5. The highest BCUT2D eigenvalue weighted by atomic mass is 19.1. The van der Waals surface area contributed by atoms with Crippen LogP contribution in [0.3, 0.4) is 0 Å². The molecular formula is C18H20FNO3. The molecule has 2 atom stereocenters. The molecule has 1 heterocycles. The van der Waals surface area contributed by atoms with Crippen LogP contribution in [0.5, 0.6) is 17.2 Å². The largest absolute Gasteiger partial charge is 0.484 e. The van der Waals surface area contributed by atoms with Crippen LogP contribution in [0.4, 0.5) is 4.39 Å². The van der Waals surface area contributed by atoms with E-state index < -0.39 is 0 Å². The molecule has 0 saturated carbocycles. The Balaban J connectivity index is 1.70. The summed E-state index contributed by atoms with van der Waals surface area (Å²) in [6, 6.07) is 13.3. The molecule has 2 aromatic rings. The number of ether oxygens (including phenoxy) is 3. The van der Waals surface area contributed by atoms with Crippen LogP contribution in [0.25, 0.3) is 0 Å². The zero-order valence-corrected chi connectivity index (χ0v) is 13.0. The van der Waals surface area contributed by atoms with E-state index in [-0.39, 0.29) is 18.0 Å². The van der Waals surface area contributed by atoms with E-state index >= 15 is 0 Å².